The minimum Gasteiger partial charge on any atom is -0.497 e. The van der Waals surface area contributed by atoms with Gasteiger partial charge in [0.15, 0.2) is 5.13 Å². The lowest BCUT2D eigenvalue weighted by molar-refractivity contribution is -0.114. The number of halogens is 1. The number of benzene rings is 4. The molecule has 0 saturated carbocycles. The molecule has 0 aliphatic rings. The number of hydrogen-bond donors (Lipinski definition) is 3. The standard InChI is InChI=1S/C34H27ClN4O4S2/c1-43-27-14-6-11-24(18-27)30-20-45-34(38-30)39-31(40)21-44-28-15-7-13-26(19-28)36-33(42)29(17-22-8-5-12-25(35)16-22)37-32(41)23-9-3-2-4-10-23/h2-20H,21H2,1H3,(H,36,42)(H,37,41)(H,38,39,40)/b29-17-. The van der Waals surface area contributed by atoms with Crippen LogP contribution in [0.25, 0.3) is 17.3 Å². The topological polar surface area (TPSA) is 109 Å². The molecule has 0 saturated heterocycles. The molecule has 45 heavy (non-hydrogen) atoms. The largest absolute Gasteiger partial charge is 0.497 e. The van der Waals surface area contributed by atoms with Crippen molar-refractivity contribution in [3.05, 3.63) is 130 Å². The van der Waals surface area contributed by atoms with Crippen LogP contribution in [0.4, 0.5) is 10.8 Å². The number of carbonyl (C=O) groups is 3. The van der Waals surface area contributed by atoms with Gasteiger partial charge in [-0.05, 0) is 66.2 Å². The van der Waals surface area contributed by atoms with E-state index in [1.807, 2.05) is 35.7 Å². The van der Waals surface area contributed by atoms with Crippen LogP contribution in [-0.4, -0.2) is 35.6 Å². The number of nitrogens with zero attached hydrogens (tertiary/aromatic N) is 1. The van der Waals surface area contributed by atoms with Crippen LogP contribution in [0.15, 0.2) is 119 Å². The van der Waals surface area contributed by atoms with E-state index >= 15 is 0 Å². The fraction of sp³-hybridized carbons (Fsp3) is 0.0588. The zero-order valence-corrected chi connectivity index (χ0v) is 26.3. The Labute approximate surface area is 273 Å². The van der Waals surface area contributed by atoms with Gasteiger partial charge in [-0.25, -0.2) is 4.98 Å². The Balaban J connectivity index is 1.22. The number of methoxy groups -OCH3 is 1. The summed E-state index contributed by atoms with van der Waals surface area (Å²) in [4.78, 5) is 44.3. The van der Waals surface area contributed by atoms with Gasteiger partial charge >= 0.3 is 0 Å². The lowest BCUT2D eigenvalue weighted by Gasteiger charge is -2.12. The van der Waals surface area contributed by atoms with Crippen LogP contribution in [-0.2, 0) is 9.59 Å². The van der Waals surface area contributed by atoms with Crippen molar-refractivity contribution in [2.45, 2.75) is 4.90 Å². The lowest BCUT2D eigenvalue weighted by Crippen LogP contribution is -2.30. The number of anilines is 2. The normalized spacial score (nSPS) is 11.0. The summed E-state index contributed by atoms with van der Waals surface area (Å²) in [5.74, 6) is -0.291. The molecule has 1 heterocycles. The number of amides is 3. The molecule has 3 N–H and O–H groups in total. The number of thiazole rings is 1. The molecule has 0 fully saturated rings. The van der Waals surface area contributed by atoms with Gasteiger partial charge in [0, 0.05) is 32.1 Å². The molecular formula is C34H27ClN4O4S2. The van der Waals surface area contributed by atoms with Gasteiger partial charge in [-0.3, -0.25) is 14.4 Å². The van der Waals surface area contributed by atoms with E-state index in [0.717, 1.165) is 21.9 Å². The summed E-state index contributed by atoms with van der Waals surface area (Å²) in [6.07, 6.45) is 1.56. The van der Waals surface area contributed by atoms with Gasteiger partial charge in [0.1, 0.15) is 11.4 Å². The summed E-state index contributed by atoms with van der Waals surface area (Å²) in [7, 11) is 1.61. The van der Waals surface area contributed by atoms with Gasteiger partial charge in [-0.15, -0.1) is 23.1 Å². The van der Waals surface area contributed by atoms with Crippen molar-refractivity contribution < 1.29 is 19.1 Å². The van der Waals surface area contributed by atoms with E-state index in [2.05, 4.69) is 20.9 Å². The van der Waals surface area contributed by atoms with Gasteiger partial charge in [-0.2, -0.15) is 0 Å². The Morgan fingerprint density at radius 2 is 1.71 bits per heavy atom. The van der Waals surface area contributed by atoms with E-state index in [1.54, 1.807) is 86.0 Å². The van der Waals surface area contributed by atoms with Crippen LogP contribution in [0.1, 0.15) is 15.9 Å². The molecule has 4 aromatic carbocycles. The molecule has 0 aliphatic carbocycles. The minimum absolute atomic E-state index is 0.0420. The molecule has 0 spiro atoms. The first-order valence-corrected chi connectivity index (χ1v) is 15.9. The maximum absolute atomic E-state index is 13.4. The molecule has 3 amide bonds. The second-order valence-electron chi connectivity index (χ2n) is 9.52. The van der Waals surface area contributed by atoms with Crippen molar-refractivity contribution in [2.75, 3.05) is 23.5 Å². The Kier molecular flexibility index (Phi) is 10.7. The number of rotatable bonds is 11. The van der Waals surface area contributed by atoms with E-state index in [-0.39, 0.29) is 17.4 Å². The average molecular weight is 655 g/mol. The Hall–Kier alpha value is -4.90. The van der Waals surface area contributed by atoms with Crippen LogP contribution in [0.5, 0.6) is 5.75 Å². The fourth-order valence-electron chi connectivity index (χ4n) is 4.12. The highest BCUT2D eigenvalue weighted by Crippen LogP contribution is 2.28. The average Bonchev–Trinajstić information content (AvgIpc) is 3.52. The second-order valence-corrected chi connectivity index (χ2v) is 11.9. The number of ether oxygens (including phenoxy) is 1. The number of hydrogen-bond acceptors (Lipinski definition) is 7. The van der Waals surface area contributed by atoms with Crippen LogP contribution < -0.4 is 20.7 Å². The Bertz CT molecular complexity index is 1860. The summed E-state index contributed by atoms with van der Waals surface area (Å²) in [5, 5.41) is 11.3. The Morgan fingerprint density at radius 1 is 0.911 bits per heavy atom. The molecule has 1 aromatic heterocycles. The molecule has 0 bridgehead atoms. The molecule has 0 unspecified atom stereocenters. The summed E-state index contributed by atoms with van der Waals surface area (Å²) in [6, 6.07) is 30.2. The lowest BCUT2D eigenvalue weighted by atomic mass is 10.1. The SMILES string of the molecule is COc1cccc(-c2csc(NC(=O)CSc3cccc(NC(=O)/C(=C/c4cccc(Cl)c4)NC(=O)c4ccccc4)c3)n2)c1. The van der Waals surface area contributed by atoms with E-state index in [9.17, 15) is 14.4 Å². The minimum atomic E-state index is -0.519. The van der Waals surface area contributed by atoms with Crippen molar-refractivity contribution in [2.24, 2.45) is 0 Å². The number of carbonyl (C=O) groups excluding carboxylic acids is 3. The molecule has 8 nitrogen and oxygen atoms in total. The van der Waals surface area contributed by atoms with Gasteiger partial charge in [0.05, 0.1) is 18.6 Å². The van der Waals surface area contributed by atoms with E-state index in [0.29, 0.717) is 27.0 Å². The van der Waals surface area contributed by atoms with Crippen molar-refractivity contribution >= 4 is 69.3 Å². The molecule has 226 valence electrons. The van der Waals surface area contributed by atoms with Crippen LogP contribution in [0.2, 0.25) is 5.02 Å². The molecule has 0 aliphatic heterocycles. The first kappa shape index (κ1) is 31.5. The predicted octanol–water partition coefficient (Wildman–Crippen LogP) is 7.61. The first-order chi connectivity index (χ1) is 21.9. The monoisotopic (exact) mass is 654 g/mol. The zero-order valence-electron chi connectivity index (χ0n) is 24.0. The van der Waals surface area contributed by atoms with Crippen molar-refractivity contribution in [1.82, 2.24) is 10.3 Å². The van der Waals surface area contributed by atoms with Crippen molar-refractivity contribution in [1.29, 1.82) is 0 Å². The number of nitrogens with one attached hydrogen (secondary N) is 3. The third-order valence-corrected chi connectivity index (χ3v) is 8.25. The maximum Gasteiger partial charge on any atom is 0.272 e. The summed E-state index contributed by atoms with van der Waals surface area (Å²) < 4.78 is 5.28. The second kappa shape index (κ2) is 15.2. The highest BCUT2D eigenvalue weighted by molar-refractivity contribution is 8.00. The summed E-state index contributed by atoms with van der Waals surface area (Å²) >= 11 is 8.79. The number of aromatic nitrogens is 1. The quantitative estimate of drug-likeness (QED) is 0.0999. The van der Waals surface area contributed by atoms with Gasteiger partial charge < -0.3 is 20.7 Å². The fourth-order valence-corrected chi connectivity index (χ4v) is 5.81. The Morgan fingerprint density at radius 3 is 2.51 bits per heavy atom. The molecule has 0 radical (unpaired) electrons. The van der Waals surface area contributed by atoms with Crippen molar-refractivity contribution in [3.63, 3.8) is 0 Å². The molecule has 11 heteroatoms. The molecular weight excluding hydrogens is 628 g/mol. The third kappa shape index (κ3) is 9.05. The molecule has 5 aromatic rings. The highest BCUT2D eigenvalue weighted by atomic mass is 35.5. The molecule has 0 atom stereocenters. The van der Waals surface area contributed by atoms with Crippen LogP contribution in [0, 0.1) is 0 Å². The van der Waals surface area contributed by atoms with E-state index in [4.69, 9.17) is 16.3 Å². The zero-order chi connectivity index (χ0) is 31.6. The van der Waals surface area contributed by atoms with Gasteiger partial charge in [-0.1, -0.05) is 60.1 Å². The van der Waals surface area contributed by atoms with Gasteiger partial charge in [0.25, 0.3) is 11.8 Å². The van der Waals surface area contributed by atoms with E-state index < -0.39 is 11.8 Å². The van der Waals surface area contributed by atoms with Gasteiger partial charge in [0.2, 0.25) is 5.91 Å². The van der Waals surface area contributed by atoms with Crippen molar-refractivity contribution in [3.8, 4) is 17.0 Å². The maximum atomic E-state index is 13.4. The number of thioether (sulfide) groups is 1. The summed E-state index contributed by atoms with van der Waals surface area (Å²) in [5.41, 5.74) is 3.23. The summed E-state index contributed by atoms with van der Waals surface area (Å²) in [6.45, 7) is 0. The smallest absolute Gasteiger partial charge is 0.272 e. The molecule has 5 rings (SSSR count). The van der Waals surface area contributed by atoms with Crippen LogP contribution in [0.3, 0.4) is 0 Å². The van der Waals surface area contributed by atoms with E-state index in [1.165, 1.54) is 23.1 Å². The van der Waals surface area contributed by atoms with Crippen LogP contribution >= 0.6 is 34.7 Å². The first-order valence-electron chi connectivity index (χ1n) is 13.6. The third-order valence-electron chi connectivity index (χ3n) is 6.27. The predicted molar refractivity (Wildman–Crippen MR) is 182 cm³/mol. The highest BCUT2D eigenvalue weighted by Gasteiger charge is 2.16.